The summed E-state index contributed by atoms with van der Waals surface area (Å²) in [6.07, 6.45) is 2.50. The zero-order chi connectivity index (χ0) is 24.7. The van der Waals surface area contributed by atoms with Gasteiger partial charge in [-0.3, -0.25) is 4.90 Å². The van der Waals surface area contributed by atoms with Gasteiger partial charge in [0.15, 0.2) is 5.13 Å². The zero-order valence-electron chi connectivity index (χ0n) is 19.3. The molecule has 5 rings (SSSR count). The first-order valence-corrected chi connectivity index (χ1v) is 11.8. The molecule has 4 heterocycles. The van der Waals surface area contributed by atoms with Crippen molar-refractivity contribution in [2.45, 2.75) is 26.3 Å². The number of anilines is 2. The summed E-state index contributed by atoms with van der Waals surface area (Å²) in [6.45, 7) is 4.42. The van der Waals surface area contributed by atoms with Gasteiger partial charge in [-0.25, -0.2) is 19.6 Å². The number of urea groups is 1. The molecule has 1 saturated heterocycles. The van der Waals surface area contributed by atoms with E-state index in [0.29, 0.717) is 35.6 Å². The third-order valence-corrected chi connectivity index (χ3v) is 7.13. The fourth-order valence-corrected chi connectivity index (χ4v) is 4.96. The smallest absolute Gasteiger partial charge is 0.347 e. The molecule has 180 valence electrons. The van der Waals surface area contributed by atoms with E-state index in [-0.39, 0.29) is 17.0 Å². The highest BCUT2D eigenvalue weighted by Gasteiger charge is 2.30. The summed E-state index contributed by atoms with van der Waals surface area (Å²) in [5, 5.41) is 19.1. The molecule has 0 spiro atoms. The summed E-state index contributed by atoms with van der Waals surface area (Å²) in [6, 6.07) is 7.63. The van der Waals surface area contributed by atoms with Crippen LogP contribution in [0.4, 0.5) is 15.7 Å². The van der Waals surface area contributed by atoms with Crippen LogP contribution in [0.5, 0.6) is 0 Å². The van der Waals surface area contributed by atoms with Crippen LogP contribution >= 0.6 is 11.3 Å². The average molecular weight is 494 g/mol. The van der Waals surface area contributed by atoms with Crippen LogP contribution in [0.25, 0.3) is 22.2 Å². The standard InChI is InChI=1S/C23H23N7O4S/c1-12-18(21(31)32)35-22(25-12)29(3)23(33)30-9-7-16(11-30)27-20-17-10-15(19-26-13(2)34-28-19)5-4-14(17)6-8-24-20/h4-6,8,10,16H,7,9,11H2,1-3H3,(H,24,27)(H,31,32)/t16-/m0/s1. The summed E-state index contributed by atoms with van der Waals surface area (Å²) in [7, 11) is 1.61. The summed E-state index contributed by atoms with van der Waals surface area (Å²) < 4.78 is 5.11. The minimum atomic E-state index is -1.04. The third-order valence-electron chi connectivity index (χ3n) is 5.90. The second-order valence-electron chi connectivity index (χ2n) is 8.37. The first-order valence-electron chi connectivity index (χ1n) is 11.0. The molecule has 1 aliphatic rings. The molecule has 0 aliphatic carbocycles. The Bertz CT molecular complexity index is 1430. The first-order chi connectivity index (χ1) is 16.8. The topological polar surface area (TPSA) is 138 Å². The summed E-state index contributed by atoms with van der Waals surface area (Å²) >= 11 is 0.994. The van der Waals surface area contributed by atoms with Crippen LogP contribution in [0.1, 0.15) is 27.7 Å². The Morgan fingerprint density at radius 3 is 2.80 bits per heavy atom. The SMILES string of the molecule is Cc1nc(-c2ccc3ccnc(N[C@H]4CCN(C(=O)N(C)c5nc(C)c(C(=O)O)s5)C4)c3c2)no1. The molecule has 1 atom stereocenters. The van der Waals surface area contributed by atoms with E-state index >= 15 is 0 Å². The van der Waals surface area contributed by atoms with Gasteiger partial charge in [-0.05, 0) is 30.9 Å². The van der Waals surface area contributed by atoms with Crippen LogP contribution < -0.4 is 10.2 Å². The molecule has 2 amide bonds. The minimum Gasteiger partial charge on any atom is -0.477 e. The molecule has 3 aromatic heterocycles. The zero-order valence-corrected chi connectivity index (χ0v) is 20.2. The Balaban J connectivity index is 1.31. The molecular formula is C23H23N7O4S. The molecule has 2 N–H and O–H groups in total. The molecule has 0 bridgehead atoms. The van der Waals surface area contributed by atoms with Crippen molar-refractivity contribution >= 4 is 45.1 Å². The highest BCUT2D eigenvalue weighted by Crippen LogP contribution is 2.29. The Kier molecular flexibility index (Phi) is 5.81. The van der Waals surface area contributed by atoms with Gasteiger partial charge in [0.1, 0.15) is 10.7 Å². The molecule has 0 saturated carbocycles. The number of aromatic nitrogens is 4. The number of hydrogen-bond donors (Lipinski definition) is 2. The van der Waals surface area contributed by atoms with E-state index in [1.165, 1.54) is 4.90 Å². The van der Waals surface area contributed by atoms with Gasteiger partial charge in [0, 0.05) is 50.2 Å². The Morgan fingerprint density at radius 2 is 2.09 bits per heavy atom. The lowest BCUT2D eigenvalue weighted by Crippen LogP contribution is -2.41. The van der Waals surface area contributed by atoms with Crippen molar-refractivity contribution in [2.75, 3.05) is 30.4 Å². The van der Waals surface area contributed by atoms with Gasteiger partial charge < -0.3 is 19.8 Å². The number of nitrogens with one attached hydrogen (secondary N) is 1. The van der Waals surface area contributed by atoms with Crippen LogP contribution in [0.2, 0.25) is 0 Å². The van der Waals surface area contributed by atoms with E-state index in [0.717, 1.165) is 39.9 Å². The Morgan fingerprint density at radius 1 is 1.26 bits per heavy atom. The second kappa shape index (κ2) is 8.95. The number of carboxylic acid groups (broad SMARTS) is 1. The monoisotopic (exact) mass is 493 g/mol. The van der Waals surface area contributed by atoms with Crippen molar-refractivity contribution in [3.63, 3.8) is 0 Å². The molecule has 1 fully saturated rings. The van der Waals surface area contributed by atoms with Gasteiger partial charge in [0.25, 0.3) is 0 Å². The van der Waals surface area contributed by atoms with Crippen molar-refractivity contribution in [3.8, 4) is 11.4 Å². The Hall–Kier alpha value is -4.06. The first kappa shape index (κ1) is 22.7. The largest absolute Gasteiger partial charge is 0.477 e. The predicted molar refractivity (Wildman–Crippen MR) is 131 cm³/mol. The van der Waals surface area contributed by atoms with Crippen LogP contribution in [0, 0.1) is 13.8 Å². The lowest BCUT2D eigenvalue weighted by Gasteiger charge is -2.23. The van der Waals surface area contributed by atoms with E-state index in [1.54, 1.807) is 32.0 Å². The number of nitrogens with zero attached hydrogens (tertiary/aromatic N) is 6. The lowest BCUT2D eigenvalue weighted by atomic mass is 10.1. The highest BCUT2D eigenvalue weighted by atomic mass is 32.1. The van der Waals surface area contributed by atoms with Gasteiger partial charge in [-0.15, -0.1) is 0 Å². The van der Waals surface area contributed by atoms with Gasteiger partial charge in [-0.1, -0.05) is 28.6 Å². The second-order valence-corrected chi connectivity index (χ2v) is 9.34. The van der Waals surface area contributed by atoms with E-state index in [4.69, 9.17) is 4.52 Å². The molecule has 11 nitrogen and oxygen atoms in total. The van der Waals surface area contributed by atoms with Crippen LogP contribution in [-0.2, 0) is 0 Å². The van der Waals surface area contributed by atoms with Crippen LogP contribution in [0.3, 0.4) is 0 Å². The number of benzene rings is 1. The van der Waals surface area contributed by atoms with Gasteiger partial charge in [0.2, 0.25) is 11.7 Å². The minimum absolute atomic E-state index is 0.00846. The van der Waals surface area contributed by atoms with E-state index in [9.17, 15) is 14.7 Å². The van der Waals surface area contributed by atoms with Crippen molar-refractivity contribution in [2.24, 2.45) is 0 Å². The van der Waals surface area contributed by atoms with Crippen LogP contribution in [0.15, 0.2) is 35.0 Å². The summed E-state index contributed by atoms with van der Waals surface area (Å²) in [4.78, 5) is 40.7. The fourth-order valence-electron chi connectivity index (χ4n) is 4.10. The molecule has 0 radical (unpaired) electrons. The number of amides is 2. The number of carbonyl (C=O) groups excluding carboxylic acids is 1. The third kappa shape index (κ3) is 4.39. The predicted octanol–water partition coefficient (Wildman–Crippen LogP) is 3.80. The van der Waals surface area contributed by atoms with Crippen molar-refractivity contribution in [3.05, 3.63) is 46.9 Å². The normalized spacial score (nSPS) is 15.5. The van der Waals surface area contributed by atoms with Gasteiger partial charge in [-0.2, -0.15) is 4.98 Å². The maximum Gasteiger partial charge on any atom is 0.347 e. The number of aryl methyl sites for hydroxylation is 2. The number of likely N-dealkylation sites (tertiary alicyclic amines) is 1. The molecule has 0 unspecified atom stereocenters. The maximum atomic E-state index is 13.1. The number of pyridine rings is 1. The van der Waals surface area contributed by atoms with Gasteiger partial charge in [0.05, 0.1) is 5.69 Å². The number of thiazole rings is 1. The molecular weight excluding hydrogens is 470 g/mol. The molecule has 35 heavy (non-hydrogen) atoms. The van der Waals surface area contributed by atoms with E-state index < -0.39 is 5.97 Å². The molecule has 1 aliphatic heterocycles. The number of aromatic carboxylic acids is 1. The quantitative estimate of drug-likeness (QED) is 0.425. The van der Waals surface area contributed by atoms with Crippen molar-refractivity contribution in [1.82, 2.24) is 25.0 Å². The van der Waals surface area contributed by atoms with Gasteiger partial charge >= 0.3 is 12.0 Å². The number of hydrogen-bond acceptors (Lipinski definition) is 9. The highest BCUT2D eigenvalue weighted by molar-refractivity contribution is 7.17. The van der Waals surface area contributed by atoms with E-state index in [2.05, 4.69) is 25.4 Å². The number of rotatable bonds is 5. The molecule has 1 aromatic carbocycles. The number of carbonyl (C=O) groups is 2. The number of fused-ring (bicyclic) bond motifs is 1. The number of carboxylic acids is 1. The maximum absolute atomic E-state index is 13.1. The summed E-state index contributed by atoms with van der Waals surface area (Å²) in [5.74, 6) is 0.692. The Labute approximate surface area is 204 Å². The molecule has 4 aromatic rings. The van der Waals surface area contributed by atoms with E-state index in [1.807, 2.05) is 24.3 Å². The van der Waals surface area contributed by atoms with Crippen molar-refractivity contribution < 1.29 is 19.2 Å². The molecule has 12 heteroatoms. The van der Waals surface area contributed by atoms with Crippen molar-refractivity contribution in [1.29, 1.82) is 0 Å². The lowest BCUT2D eigenvalue weighted by molar-refractivity contribution is 0.0701. The fraction of sp³-hybridized carbons (Fsp3) is 0.304. The van der Waals surface area contributed by atoms with Crippen LogP contribution in [-0.4, -0.2) is 68.3 Å². The average Bonchev–Trinajstić information content (AvgIpc) is 3.58. The summed E-state index contributed by atoms with van der Waals surface area (Å²) in [5.41, 5.74) is 1.23.